The van der Waals surface area contributed by atoms with Crippen LogP contribution in [0.1, 0.15) is 30.7 Å². The Bertz CT molecular complexity index is 1330. The Kier molecular flexibility index (Phi) is 6.05. The number of sulfonamides is 1. The van der Waals surface area contributed by atoms with Crippen molar-refractivity contribution in [1.82, 2.24) is 24.3 Å². The molecule has 1 fully saturated rings. The lowest BCUT2D eigenvalue weighted by molar-refractivity contribution is 0.00523. The van der Waals surface area contributed by atoms with Gasteiger partial charge in [0.15, 0.2) is 11.5 Å². The molecule has 2 atom stereocenters. The summed E-state index contributed by atoms with van der Waals surface area (Å²) < 4.78 is 36.1. The fraction of sp³-hybridized carbons (Fsp3) is 0.400. The molecule has 3 heterocycles. The predicted octanol–water partition coefficient (Wildman–Crippen LogP) is 2.38. The smallest absolute Gasteiger partial charge is 0.242 e. The summed E-state index contributed by atoms with van der Waals surface area (Å²) in [5, 5.41) is 13.3. The Labute approximate surface area is 190 Å². The van der Waals surface area contributed by atoms with E-state index in [0.29, 0.717) is 42.0 Å². The molecule has 0 saturated carbocycles. The van der Waals surface area contributed by atoms with E-state index in [4.69, 9.17) is 27.3 Å². The highest BCUT2D eigenvalue weighted by Crippen LogP contribution is 2.32. The Morgan fingerprint density at radius 2 is 2.16 bits per heavy atom. The summed E-state index contributed by atoms with van der Waals surface area (Å²) in [6, 6.07) is 4.78. The first-order valence-electron chi connectivity index (χ1n) is 9.99. The molecule has 1 aliphatic rings. The molecule has 0 spiro atoms. The maximum atomic E-state index is 13.2. The second-order valence-corrected chi connectivity index (χ2v) is 9.82. The van der Waals surface area contributed by atoms with Crippen molar-refractivity contribution < 1.29 is 13.2 Å². The fourth-order valence-electron chi connectivity index (χ4n) is 3.78. The minimum Gasteiger partial charge on any atom is -0.380 e. The van der Waals surface area contributed by atoms with Gasteiger partial charge in [0.1, 0.15) is 10.7 Å². The van der Waals surface area contributed by atoms with Gasteiger partial charge in [0, 0.05) is 11.6 Å². The first-order valence-corrected chi connectivity index (χ1v) is 11.8. The highest BCUT2D eigenvalue weighted by atomic mass is 35.5. The number of anilines is 1. The van der Waals surface area contributed by atoms with Gasteiger partial charge in [-0.1, -0.05) is 11.6 Å². The highest BCUT2D eigenvalue weighted by Gasteiger charge is 2.28. The molecule has 12 heteroatoms. The average Bonchev–Trinajstić information content (AvgIpc) is 3.13. The number of imidazole rings is 1. The summed E-state index contributed by atoms with van der Waals surface area (Å²) in [4.78, 5) is 8.34. The number of aryl methyl sites for hydroxylation is 2. The van der Waals surface area contributed by atoms with Crippen molar-refractivity contribution in [2.24, 2.45) is 0 Å². The molecule has 0 unspecified atom stereocenters. The summed E-state index contributed by atoms with van der Waals surface area (Å²) in [5.41, 5.74) is 8.27. The molecular formula is C20H22ClN7O3S. The van der Waals surface area contributed by atoms with E-state index in [2.05, 4.69) is 25.9 Å². The van der Waals surface area contributed by atoms with Crippen LogP contribution in [-0.4, -0.2) is 46.8 Å². The van der Waals surface area contributed by atoms with E-state index in [1.807, 2.05) is 6.92 Å². The molecule has 0 amide bonds. The zero-order chi connectivity index (χ0) is 23.0. The number of benzene rings is 1. The topological polar surface area (TPSA) is 148 Å². The van der Waals surface area contributed by atoms with Gasteiger partial charge in [-0.2, -0.15) is 10.4 Å². The van der Waals surface area contributed by atoms with Crippen molar-refractivity contribution >= 4 is 33.1 Å². The number of fused-ring (bicyclic) bond motifs is 1. The Morgan fingerprint density at radius 3 is 2.84 bits per heavy atom. The van der Waals surface area contributed by atoms with Gasteiger partial charge < -0.3 is 10.5 Å². The van der Waals surface area contributed by atoms with E-state index in [1.54, 1.807) is 23.7 Å². The summed E-state index contributed by atoms with van der Waals surface area (Å²) in [6.45, 7) is 3.73. The lowest BCUT2D eigenvalue weighted by Gasteiger charge is -2.28. The van der Waals surface area contributed by atoms with Crippen molar-refractivity contribution in [2.45, 2.75) is 50.2 Å². The number of aromatic nitrogens is 4. The molecule has 4 rings (SSSR count). The van der Waals surface area contributed by atoms with E-state index in [1.165, 1.54) is 6.07 Å². The summed E-state index contributed by atoms with van der Waals surface area (Å²) in [5.74, 6) is 0.694. The first-order chi connectivity index (χ1) is 15.2. The SMILES string of the molecule is Cc1nc(N)c2ncc(-c3cc(S(=O)(=O)N[C@H]4CC[C@H](CC#N)OC4)c(Cl)cc3C)n2n1. The van der Waals surface area contributed by atoms with Crippen LogP contribution in [0.4, 0.5) is 5.82 Å². The number of nitrogens with one attached hydrogen (secondary N) is 1. The second-order valence-electron chi connectivity index (χ2n) is 7.73. The molecule has 1 aromatic carbocycles. The maximum Gasteiger partial charge on any atom is 0.242 e. The molecule has 2 aromatic heterocycles. The number of ether oxygens (including phenoxy) is 1. The molecule has 1 saturated heterocycles. The fourth-order valence-corrected chi connectivity index (χ4v) is 5.64. The first kappa shape index (κ1) is 22.4. The van der Waals surface area contributed by atoms with Crippen molar-refractivity contribution in [3.8, 4) is 17.3 Å². The average molecular weight is 476 g/mol. The lowest BCUT2D eigenvalue weighted by atomic mass is 10.0. The standard InChI is InChI=1S/C20H22ClN7O3S/c1-11-7-16(21)18(32(29,30)27-13-3-4-14(5-6-22)31-10-13)8-15(11)17-9-24-20-19(23)25-12(2)26-28(17)20/h7-9,13-14,27H,3-5,10H2,1-2H3,(H2,23,25,26)/t13-,14+/m0/s1. The molecule has 0 bridgehead atoms. The number of rotatable bonds is 5. The van der Waals surface area contributed by atoms with Crippen LogP contribution in [-0.2, 0) is 14.8 Å². The molecule has 1 aliphatic heterocycles. The van der Waals surface area contributed by atoms with Crippen LogP contribution in [0.15, 0.2) is 23.2 Å². The Hall–Kier alpha value is -2.78. The zero-order valence-electron chi connectivity index (χ0n) is 17.5. The minimum absolute atomic E-state index is 0.0485. The van der Waals surface area contributed by atoms with Crippen LogP contribution in [0.3, 0.4) is 0 Å². The van der Waals surface area contributed by atoms with Crippen molar-refractivity contribution in [3.63, 3.8) is 0 Å². The highest BCUT2D eigenvalue weighted by molar-refractivity contribution is 7.89. The van der Waals surface area contributed by atoms with E-state index in [-0.39, 0.29) is 28.4 Å². The maximum absolute atomic E-state index is 13.2. The summed E-state index contributed by atoms with van der Waals surface area (Å²) in [6.07, 6.45) is 2.88. The van der Waals surface area contributed by atoms with Gasteiger partial charge in [-0.05, 0) is 44.4 Å². The van der Waals surface area contributed by atoms with Gasteiger partial charge in [0.2, 0.25) is 10.0 Å². The molecule has 32 heavy (non-hydrogen) atoms. The van der Waals surface area contributed by atoms with Gasteiger partial charge in [0.05, 0.1) is 42.1 Å². The van der Waals surface area contributed by atoms with Crippen LogP contribution in [0.25, 0.3) is 16.9 Å². The number of nitrogen functional groups attached to an aromatic ring is 1. The number of nitriles is 1. The van der Waals surface area contributed by atoms with Crippen LogP contribution in [0, 0.1) is 25.2 Å². The molecule has 0 aliphatic carbocycles. The van der Waals surface area contributed by atoms with Crippen LogP contribution >= 0.6 is 11.6 Å². The summed E-state index contributed by atoms with van der Waals surface area (Å²) in [7, 11) is -3.93. The lowest BCUT2D eigenvalue weighted by Crippen LogP contribution is -2.42. The van der Waals surface area contributed by atoms with Gasteiger partial charge in [-0.15, -0.1) is 0 Å². The predicted molar refractivity (Wildman–Crippen MR) is 118 cm³/mol. The largest absolute Gasteiger partial charge is 0.380 e. The van der Waals surface area contributed by atoms with E-state index in [0.717, 1.165) is 5.56 Å². The number of halogens is 1. The number of nitrogens with two attached hydrogens (primary N) is 1. The second kappa shape index (κ2) is 8.63. The van der Waals surface area contributed by atoms with Crippen LogP contribution in [0.2, 0.25) is 5.02 Å². The Morgan fingerprint density at radius 1 is 1.38 bits per heavy atom. The number of nitrogens with zero attached hydrogens (tertiary/aromatic N) is 5. The Balaban J connectivity index is 1.68. The normalized spacial score (nSPS) is 19.2. The monoisotopic (exact) mass is 475 g/mol. The van der Waals surface area contributed by atoms with Crippen LogP contribution < -0.4 is 10.5 Å². The van der Waals surface area contributed by atoms with E-state index < -0.39 is 16.1 Å². The molecule has 3 N–H and O–H groups in total. The van der Waals surface area contributed by atoms with Gasteiger partial charge in [0.25, 0.3) is 0 Å². The van der Waals surface area contributed by atoms with Crippen molar-refractivity contribution in [1.29, 1.82) is 5.26 Å². The molecule has 0 radical (unpaired) electrons. The number of hydrogen-bond donors (Lipinski definition) is 2. The van der Waals surface area contributed by atoms with E-state index >= 15 is 0 Å². The summed E-state index contributed by atoms with van der Waals surface area (Å²) >= 11 is 6.34. The van der Waals surface area contributed by atoms with Crippen molar-refractivity contribution in [2.75, 3.05) is 12.3 Å². The molecular weight excluding hydrogens is 454 g/mol. The van der Waals surface area contributed by atoms with Gasteiger partial charge in [-0.3, -0.25) is 0 Å². The van der Waals surface area contributed by atoms with Crippen LogP contribution in [0.5, 0.6) is 0 Å². The third-order valence-corrected chi connectivity index (χ3v) is 7.33. The molecule has 3 aromatic rings. The minimum atomic E-state index is -3.93. The van der Waals surface area contributed by atoms with E-state index in [9.17, 15) is 8.42 Å². The van der Waals surface area contributed by atoms with Gasteiger partial charge in [-0.25, -0.2) is 27.6 Å². The zero-order valence-corrected chi connectivity index (χ0v) is 19.1. The number of hydrogen-bond acceptors (Lipinski definition) is 8. The third kappa shape index (κ3) is 4.27. The van der Waals surface area contributed by atoms with Gasteiger partial charge >= 0.3 is 0 Å². The molecule has 168 valence electrons. The quantitative estimate of drug-likeness (QED) is 0.571. The van der Waals surface area contributed by atoms with Crippen molar-refractivity contribution in [3.05, 3.63) is 34.7 Å². The molecule has 10 nitrogen and oxygen atoms in total. The third-order valence-electron chi connectivity index (χ3n) is 5.35.